The number of halogens is 1. The summed E-state index contributed by atoms with van der Waals surface area (Å²) in [6, 6.07) is 7.69. The quantitative estimate of drug-likeness (QED) is 0.813. The van der Waals surface area contributed by atoms with Crippen molar-refractivity contribution in [3.8, 4) is 0 Å². The van der Waals surface area contributed by atoms with Crippen LogP contribution in [0.1, 0.15) is 43.3 Å². The number of fused-ring (bicyclic) bond motifs is 1. The van der Waals surface area contributed by atoms with Crippen LogP contribution in [0.2, 0.25) is 0 Å². The minimum atomic E-state index is -0.165. The summed E-state index contributed by atoms with van der Waals surface area (Å²) in [5, 5.41) is 3.88. The molecule has 1 amide bonds. The molecule has 4 heteroatoms. The fourth-order valence-corrected chi connectivity index (χ4v) is 3.43. The summed E-state index contributed by atoms with van der Waals surface area (Å²) in [5.41, 5.74) is 2.13. The zero-order valence-corrected chi connectivity index (χ0v) is 14.6. The van der Waals surface area contributed by atoms with E-state index >= 15 is 0 Å². The zero-order chi connectivity index (χ0) is 15.6. The number of aryl methyl sites for hydroxylation is 1. The number of furan rings is 1. The van der Waals surface area contributed by atoms with Crippen LogP contribution in [0.3, 0.4) is 0 Å². The topological polar surface area (TPSA) is 42.2 Å². The molecular formula is C17H22BrNO2. The summed E-state index contributed by atoms with van der Waals surface area (Å²) in [6.07, 6.45) is 0.993. The maximum atomic E-state index is 12.1. The van der Waals surface area contributed by atoms with Gasteiger partial charge in [0, 0.05) is 16.8 Å². The van der Waals surface area contributed by atoms with Gasteiger partial charge in [-0.05, 0) is 37.0 Å². The highest BCUT2D eigenvalue weighted by Crippen LogP contribution is 2.24. The smallest absolute Gasteiger partial charge is 0.287 e. The van der Waals surface area contributed by atoms with Gasteiger partial charge in [0.15, 0.2) is 5.76 Å². The van der Waals surface area contributed by atoms with Crippen LogP contribution in [0.4, 0.5) is 0 Å². The predicted molar refractivity (Wildman–Crippen MR) is 90.1 cm³/mol. The van der Waals surface area contributed by atoms with Gasteiger partial charge in [-0.15, -0.1) is 0 Å². The maximum absolute atomic E-state index is 12.1. The normalized spacial score (nSPS) is 13.4. The number of nitrogens with one attached hydrogen (secondary N) is 1. The Balaban J connectivity index is 1.99. The molecule has 2 rings (SSSR count). The summed E-state index contributed by atoms with van der Waals surface area (Å²) in [4.78, 5) is 12.4. The van der Waals surface area contributed by atoms with Crippen molar-refractivity contribution in [2.75, 3.05) is 6.54 Å². The van der Waals surface area contributed by atoms with Gasteiger partial charge in [-0.1, -0.05) is 48.3 Å². The first-order valence-electron chi connectivity index (χ1n) is 7.17. The Hall–Kier alpha value is -1.29. The van der Waals surface area contributed by atoms with Crippen molar-refractivity contribution in [3.05, 3.63) is 35.6 Å². The third-order valence-corrected chi connectivity index (χ3v) is 3.86. The first-order valence-corrected chi connectivity index (χ1v) is 8.09. The molecule has 1 aromatic heterocycles. The highest BCUT2D eigenvalue weighted by Gasteiger charge is 2.18. The molecule has 0 saturated carbocycles. The lowest BCUT2D eigenvalue weighted by Crippen LogP contribution is -2.31. The second-order valence-electron chi connectivity index (χ2n) is 6.72. The van der Waals surface area contributed by atoms with Crippen molar-refractivity contribution in [1.29, 1.82) is 0 Å². The minimum Gasteiger partial charge on any atom is -0.451 e. The van der Waals surface area contributed by atoms with Crippen molar-refractivity contribution in [3.63, 3.8) is 0 Å². The number of carbonyl (C=O) groups excluding carboxylic acids is 1. The molecule has 0 aliphatic carbocycles. The lowest BCUT2D eigenvalue weighted by atomic mass is 9.90. The molecule has 0 fully saturated rings. The molecule has 0 bridgehead atoms. The second-order valence-corrected chi connectivity index (χ2v) is 8.02. The van der Waals surface area contributed by atoms with Crippen molar-refractivity contribution in [2.45, 2.75) is 38.9 Å². The lowest BCUT2D eigenvalue weighted by molar-refractivity contribution is 0.0927. The van der Waals surface area contributed by atoms with Crippen LogP contribution in [-0.4, -0.2) is 17.3 Å². The Labute approximate surface area is 134 Å². The van der Waals surface area contributed by atoms with Crippen LogP contribution in [-0.2, 0) is 0 Å². The number of hydrogen-bond acceptors (Lipinski definition) is 2. The summed E-state index contributed by atoms with van der Waals surface area (Å²) in [6.45, 7) is 9.17. The van der Waals surface area contributed by atoms with Crippen LogP contribution in [0.25, 0.3) is 11.0 Å². The molecule has 3 nitrogen and oxygen atoms in total. The summed E-state index contributed by atoms with van der Waals surface area (Å²) in [5.74, 6) is 0.202. The number of rotatable bonds is 4. The summed E-state index contributed by atoms with van der Waals surface area (Å²) >= 11 is 3.61. The molecule has 0 aliphatic rings. The molecule has 0 aliphatic heterocycles. The number of amides is 1. The average Bonchev–Trinajstić information content (AvgIpc) is 2.76. The molecule has 21 heavy (non-hydrogen) atoms. The van der Waals surface area contributed by atoms with E-state index < -0.39 is 0 Å². The van der Waals surface area contributed by atoms with E-state index in [9.17, 15) is 4.79 Å². The first kappa shape index (κ1) is 16.1. The van der Waals surface area contributed by atoms with E-state index in [1.165, 1.54) is 0 Å². The number of carbonyl (C=O) groups is 1. The van der Waals surface area contributed by atoms with Gasteiger partial charge in [0.1, 0.15) is 5.58 Å². The molecule has 2 aromatic rings. The van der Waals surface area contributed by atoms with Crippen LogP contribution < -0.4 is 5.32 Å². The molecule has 0 radical (unpaired) electrons. The molecule has 1 N–H and O–H groups in total. The van der Waals surface area contributed by atoms with Crippen LogP contribution >= 0.6 is 15.9 Å². The molecule has 1 atom stereocenters. The van der Waals surface area contributed by atoms with Gasteiger partial charge in [-0.3, -0.25) is 4.79 Å². The van der Waals surface area contributed by atoms with Gasteiger partial charge < -0.3 is 9.73 Å². The van der Waals surface area contributed by atoms with Gasteiger partial charge in [0.25, 0.3) is 5.91 Å². The Morgan fingerprint density at radius 2 is 2.05 bits per heavy atom. The minimum absolute atomic E-state index is 0.165. The van der Waals surface area contributed by atoms with Crippen molar-refractivity contribution >= 4 is 32.8 Å². The van der Waals surface area contributed by atoms with E-state index in [1.807, 2.05) is 25.1 Å². The molecule has 0 spiro atoms. The van der Waals surface area contributed by atoms with E-state index in [2.05, 4.69) is 42.0 Å². The van der Waals surface area contributed by atoms with Crippen molar-refractivity contribution in [2.24, 2.45) is 5.41 Å². The van der Waals surface area contributed by atoms with Gasteiger partial charge in [0.2, 0.25) is 0 Å². The standard InChI is InChI=1S/C17H22BrNO2/c1-11-5-6-14-12(7-11)8-15(21-14)16(20)19-10-13(18)9-17(2,3)4/h5-8,13H,9-10H2,1-4H3,(H,19,20). The molecule has 1 unspecified atom stereocenters. The fraction of sp³-hybridized carbons (Fsp3) is 0.471. The van der Waals surface area contributed by atoms with Gasteiger partial charge >= 0.3 is 0 Å². The van der Waals surface area contributed by atoms with Crippen LogP contribution in [0.15, 0.2) is 28.7 Å². The van der Waals surface area contributed by atoms with E-state index in [0.29, 0.717) is 12.3 Å². The Bertz CT molecular complexity index is 640. The Morgan fingerprint density at radius 3 is 2.71 bits per heavy atom. The molecular weight excluding hydrogens is 330 g/mol. The monoisotopic (exact) mass is 351 g/mol. The van der Waals surface area contributed by atoms with E-state index in [0.717, 1.165) is 23.0 Å². The van der Waals surface area contributed by atoms with Crippen LogP contribution in [0, 0.1) is 12.3 Å². The molecule has 0 saturated heterocycles. The van der Waals surface area contributed by atoms with Gasteiger partial charge in [-0.2, -0.15) is 0 Å². The third kappa shape index (κ3) is 4.60. The van der Waals surface area contributed by atoms with Gasteiger partial charge in [-0.25, -0.2) is 0 Å². The summed E-state index contributed by atoms with van der Waals surface area (Å²) < 4.78 is 5.59. The lowest BCUT2D eigenvalue weighted by Gasteiger charge is -2.22. The van der Waals surface area contributed by atoms with Crippen molar-refractivity contribution in [1.82, 2.24) is 5.32 Å². The largest absolute Gasteiger partial charge is 0.451 e. The third-order valence-electron chi connectivity index (χ3n) is 3.21. The molecule has 114 valence electrons. The molecule has 1 heterocycles. The highest BCUT2D eigenvalue weighted by molar-refractivity contribution is 9.09. The van der Waals surface area contributed by atoms with Crippen molar-refractivity contribution < 1.29 is 9.21 Å². The second kappa shape index (κ2) is 6.22. The molecule has 1 aromatic carbocycles. The number of alkyl halides is 1. The predicted octanol–water partition coefficient (Wildman–Crippen LogP) is 4.67. The number of benzene rings is 1. The van der Waals surface area contributed by atoms with Gasteiger partial charge in [0.05, 0.1) is 0 Å². The number of hydrogen-bond donors (Lipinski definition) is 1. The summed E-state index contributed by atoms with van der Waals surface area (Å²) in [7, 11) is 0. The Morgan fingerprint density at radius 1 is 1.33 bits per heavy atom. The van der Waals surface area contributed by atoms with E-state index in [1.54, 1.807) is 6.07 Å². The maximum Gasteiger partial charge on any atom is 0.287 e. The highest BCUT2D eigenvalue weighted by atomic mass is 79.9. The van der Waals surface area contributed by atoms with Crippen LogP contribution in [0.5, 0.6) is 0 Å². The fourth-order valence-electron chi connectivity index (χ4n) is 2.30. The zero-order valence-electron chi connectivity index (χ0n) is 13.0. The Kier molecular flexibility index (Phi) is 4.77. The van der Waals surface area contributed by atoms with E-state index in [4.69, 9.17) is 4.42 Å². The van der Waals surface area contributed by atoms with E-state index in [-0.39, 0.29) is 16.1 Å². The first-order chi connectivity index (χ1) is 9.74. The SMILES string of the molecule is Cc1ccc2oc(C(=O)NCC(Br)CC(C)(C)C)cc2c1. The average molecular weight is 352 g/mol.